The first-order chi connectivity index (χ1) is 31.5. The Bertz CT molecular complexity index is 2740. The van der Waals surface area contributed by atoms with Crippen LogP contribution >= 0.6 is 0 Å². The molecule has 4 N–H and O–H groups in total. The fourth-order valence-corrected chi connectivity index (χ4v) is 9.50. The monoisotopic (exact) mass is 919 g/mol. The molecule has 66 heavy (non-hydrogen) atoms. The molecule has 1 aliphatic carbocycles. The predicted molar refractivity (Wildman–Crippen MR) is 248 cm³/mol. The maximum absolute atomic E-state index is 13.9. The van der Waals surface area contributed by atoms with Gasteiger partial charge in [-0.05, 0) is 83.0 Å². The summed E-state index contributed by atoms with van der Waals surface area (Å²) in [4.78, 5) is 71.8. The van der Waals surface area contributed by atoms with E-state index in [-0.39, 0.29) is 48.4 Å². The molecule has 1 spiro atoms. The molecule has 3 heterocycles. The first-order valence-corrected chi connectivity index (χ1v) is 24.2. The number of hydrogen-bond acceptors (Lipinski definition) is 11. The summed E-state index contributed by atoms with van der Waals surface area (Å²) in [5, 5.41) is 16.7. The maximum Gasteiger partial charge on any atom is 0.407 e. The van der Waals surface area contributed by atoms with E-state index in [9.17, 15) is 32.9 Å². The zero-order chi connectivity index (χ0) is 47.3. The number of nitrogens with one attached hydrogen (secondary N) is 4. The average Bonchev–Trinajstić information content (AvgIpc) is 3.63. The Hall–Kier alpha value is -6.74. The van der Waals surface area contributed by atoms with Crippen molar-refractivity contribution < 1.29 is 37.1 Å². The van der Waals surface area contributed by atoms with Crippen molar-refractivity contribution in [2.24, 2.45) is 11.3 Å². The number of benzene rings is 3. The molecule has 2 aliphatic rings. The summed E-state index contributed by atoms with van der Waals surface area (Å²) >= 11 is 0. The van der Waals surface area contributed by atoms with E-state index < -0.39 is 46.1 Å². The minimum absolute atomic E-state index is 0.0133. The molecule has 17 nitrogen and oxygen atoms in total. The molecule has 5 aromatic rings. The molecule has 4 atom stereocenters. The second kappa shape index (κ2) is 19.8. The average molecular weight is 920 g/mol. The van der Waals surface area contributed by atoms with Crippen molar-refractivity contribution in [1.82, 2.24) is 40.4 Å². The molecule has 1 saturated carbocycles. The highest BCUT2D eigenvalue weighted by Gasteiger charge is 2.55. The number of nitrogens with zero attached hydrogens (tertiary/aromatic N) is 5. The van der Waals surface area contributed by atoms with Gasteiger partial charge >= 0.3 is 12.2 Å². The topological polar surface area (TPSA) is 233 Å². The lowest BCUT2D eigenvalue weighted by atomic mass is 9.98. The number of likely N-dealkylation sites (tertiary alicyclic amines) is 1. The van der Waals surface area contributed by atoms with Crippen LogP contribution < -0.4 is 10.6 Å². The van der Waals surface area contributed by atoms with Crippen LogP contribution in [-0.2, 0) is 28.9 Å². The number of amides is 4. The van der Waals surface area contributed by atoms with E-state index in [4.69, 9.17) is 14.5 Å². The van der Waals surface area contributed by atoms with Crippen LogP contribution in [0.2, 0.25) is 0 Å². The van der Waals surface area contributed by atoms with E-state index in [1.165, 1.54) is 12.0 Å². The number of hydrogen-bond donors (Lipinski definition) is 4. The number of carbonyl (C=O) groups is 4. The van der Waals surface area contributed by atoms with Gasteiger partial charge in [-0.15, -0.1) is 0 Å². The number of sulfone groups is 1. The minimum atomic E-state index is -3.45. The Labute approximate surface area is 384 Å². The molecular formula is C48H57N9O8S. The number of ether oxygens (including phenoxy) is 2. The predicted octanol–water partition coefficient (Wildman–Crippen LogP) is 7.07. The second-order valence-electron chi connectivity index (χ2n) is 17.7. The molecule has 18 heteroatoms. The number of nitriles is 1. The van der Waals surface area contributed by atoms with E-state index in [1.54, 1.807) is 6.20 Å². The Morgan fingerprint density at radius 3 is 2.12 bits per heavy atom. The Kier molecular flexibility index (Phi) is 14.2. The number of carbonyl (C=O) groups excluding carboxylic acids is 4. The summed E-state index contributed by atoms with van der Waals surface area (Å²) in [5.74, 6) is 0.0722. The highest BCUT2D eigenvalue weighted by atomic mass is 32.2. The molecule has 0 unspecified atom stereocenters. The fourth-order valence-electron chi connectivity index (χ4n) is 8.83. The number of rotatable bonds is 17. The van der Waals surface area contributed by atoms with E-state index >= 15 is 0 Å². The van der Waals surface area contributed by atoms with E-state index in [0.29, 0.717) is 24.5 Å². The molecule has 348 valence electrons. The summed E-state index contributed by atoms with van der Waals surface area (Å²) < 4.78 is 33.5. The Balaban J connectivity index is 1.05. The van der Waals surface area contributed by atoms with Gasteiger partial charge in [0.25, 0.3) is 0 Å². The first kappa shape index (κ1) is 47.2. The van der Waals surface area contributed by atoms with E-state index in [2.05, 4.69) is 68.1 Å². The van der Waals surface area contributed by atoms with Crippen LogP contribution in [0.25, 0.3) is 44.4 Å². The Morgan fingerprint density at radius 1 is 0.894 bits per heavy atom. The van der Waals surface area contributed by atoms with Crippen molar-refractivity contribution in [3.63, 3.8) is 0 Å². The van der Waals surface area contributed by atoms with Crippen molar-refractivity contribution in [1.29, 1.82) is 5.26 Å². The van der Waals surface area contributed by atoms with Gasteiger partial charge in [0.2, 0.25) is 11.8 Å². The van der Waals surface area contributed by atoms with Gasteiger partial charge in [0, 0.05) is 24.9 Å². The van der Waals surface area contributed by atoms with Gasteiger partial charge in [0.05, 0.1) is 68.3 Å². The molecular weight excluding hydrogens is 863 g/mol. The minimum Gasteiger partial charge on any atom is -0.453 e. The summed E-state index contributed by atoms with van der Waals surface area (Å²) in [6.07, 6.45) is 6.27. The lowest BCUT2D eigenvalue weighted by molar-refractivity contribution is -0.136. The van der Waals surface area contributed by atoms with Crippen molar-refractivity contribution in [3.05, 3.63) is 84.7 Å². The lowest BCUT2D eigenvalue weighted by Crippen LogP contribution is -2.51. The number of imidazole rings is 2. The van der Waals surface area contributed by atoms with Gasteiger partial charge in [-0.1, -0.05) is 69.3 Å². The third-order valence-electron chi connectivity index (χ3n) is 12.7. The molecule has 0 bridgehead atoms. The van der Waals surface area contributed by atoms with Crippen LogP contribution in [0, 0.1) is 22.7 Å². The van der Waals surface area contributed by atoms with Gasteiger partial charge in [-0.3, -0.25) is 9.59 Å². The van der Waals surface area contributed by atoms with Crippen LogP contribution in [0.15, 0.2) is 73.1 Å². The zero-order valence-electron chi connectivity index (χ0n) is 38.1. The van der Waals surface area contributed by atoms with Crippen LogP contribution in [0.1, 0.15) is 83.0 Å². The third kappa shape index (κ3) is 10.7. The second-order valence-corrected chi connectivity index (χ2v) is 20.0. The van der Waals surface area contributed by atoms with Gasteiger partial charge < -0.3 is 39.9 Å². The SMILES string of the molecule is CC[C@@H](c1ncc(-c2ccc(-c3ccc4cc(-c5cnc([C@@H]6CC7(CC7)CN6C(=O)[C@@H](NC(=O)OC)C(C)C)[nH]5)ccc4c3)cc2)[nH]1)N(CCC#N)C(=O)[C@H](CCS(C)(=O)=O)NC(=O)OC. The molecule has 2 aromatic heterocycles. The number of fused-ring (bicyclic) bond motifs is 1. The van der Waals surface area contributed by atoms with E-state index in [0.717, 1.165) is 77.2 Å². The van der Waals surface area contributed by atoms with Crippen molar-refractivity contribution in [3.8, 4) is 39.7 Å². The highest BCUT2D eigenvalue weighted by molar-refractivity contribution is 7.90. The summed E-state index contributed by atoms with van der Waals surface area (Å²) in [6, 6.07) is 19.9. The van der Waals surface area contributed by atoms with Crippen LogP contribution in [-0.4, -0.2) is 114 Å². The number of aromatic nitrogens is 4. The van der Waals surface area contributed by atoms with Gasteiger partial charge in [-0.2, -0.15) is 5.26 Å². The molecule has 1 saturated heterocycles. The molecule has 1 aliphatic heterocycles. The third-order valence-corrected chi connectivity index (χ3v) is 13.7. The quantitative estimate of drug-likeness (QED) is 0.0736. The van der Waals surface area contributed by atoms with Gasteiger partial charge in [-0.25, -0.2) is 28.0 Å². The number of aromatic amines is 2. The van der Waals surface area contributed by atoms with Crippen molar-refractivity contribution in [2.75, 3.05) is 39.3 Å². The molecule has 3 aromatic carbocycles. The van der Waals surface area contributed by atoms with Crippen LogP contribution in [0.3, 0.4) is 0 Å². The van der Waals surface area contributed by atoms with Crippen LogP contribution in [0.5, 0.6) is 0 Å². The summed E-state index contributed by atoms with van der Waals surface area (Å²) in [6.45, 7) is 6.37. The zero-order valence-corrected chi connectivity index (χ0v) is 38.9. The van der Waals surface area contributed by atoms with E-state index in [1.807, 2.05) is 56.1 Å². The van der Waals surface area contributed by atoms with Crippen molar-refractivity contribution in [2.45, 2.75) is 83.5 Å². The first-order valence-electron chi connectivity index (χ1n) is 22.1. The number of H-pyrrole nitrogens is 2. The standard InChI is InChI=1S/C48H57N9O8S/c1-7-39(56(21-8-20-49)44(58)36(54-46(60)64-4)17-22-66(6,62)63)42-50-26-37(52-42)31-11-9-30(10-12-31)32-13-14-34-24-35(16-15-33(34)23-32)38-27-51-43(53-38)40-25-48(18-19-48)28-57(40)45(59)41(29(2)3)55-47(61)65-5/h9-16,23-24,26-27,29,36,39-41H,7-8,17-19,21-22,25,28H2,1-6H3,(H,50,52)(H,51,53)(H,54,60)(H,55,61)/t36-,39-,40-,41-/m0/s1. The van der Waals surface area contributed by atoms with Crippen LogP contribution in [0.4, 0.5) is 9.59 Å². The fraction of sp³-hybridized carbons (Fsp3) is 0.438. The number of methoxy groups -OCH3 is 2. The number of alkyl carbamates (subject to hydrolysis) is 2. The highest BCUT2D eigenvalue weighted by Crippen LogP contribution is 2.58. The Morgan fingerprint density at radius 2 is 1.50 bits per heavy atom. The molecule has 2 fully saturated rings. The molecule has 4 amide bonds. The van der Waals surface area contributed by atoms with Crippen molar-refractivity contribution >= 4 is 44.6 Å². The van der Waals surface area contributed by atoms with Gasteiger partial charge in [0.15, 0.2) is 0 Å². The normalized spacial score (nSPS) is 16.6. The molecule has 0 radical (unpaired) electrons. The lowest BCUT2D eigenvalue weighted by Gasteiger charge is -2.32. The summed E-state index contributed by atoms with van der Waals surface area (Å²) in [7, 11) is -1.01. The maximum atomic E-state index is 13.9. The summed E-state index contributed by atoms with van der Waals surface area (Å²) in [5.41, 5.74) is 5.52. The smallest absolute Gasteiger partial charge is 0.407 e. The van der Waals surface area contributed by atoms with Gasteiger partial charge in [0.1, 0.15) is 33.6 Å². The largest absolute Gasteiger partial charge is 0.453 e. The molecule has 7 rings (SSSR count).